The minimum atomic E-state index is -0.334. The van der Waals surface area contributed by atoms with Crippen molar-refractivity contribution in [3.8, 4) is 0 Å². The van der Waals surface area contributed by atoms with Crippen LogP contribution < -0.4 is 0 Å². The van der Waals surface area contributed by atoms with Crippen molar-refractivity contribution in [1.29, 1.82) is 0 Å². The van der Waals surface area contributed by atoms with Crippen LogP contribution in [0.4, 0.5) is 0 Å². The maximum absolute atomic E-state index is 5.65. The van der Waals surface area contributed by atoms with E-state index < -0.39 is 0 Å². The molecule has 0 aromatic rings. The molecule has 1 saturated heterocycles. The molecule has 1 unspecified atom stereocenters. The van der Waals surface area contributed by atoms with Crippen LogP contribution in [0.15, 0.2) is 0 Å². The fraction of sp³-hybridized carbons (Fsp3) is 1.00. The van der Waals surface area contributed by atoms with Crippen LogP contribution in [0.25, 0.3) is 0 Å². The molecule has 1 heterocycles. The van der Waals surface area contributed by atoms with Crippen molar-refractivity contribution in [3.63, 3.8) is 0 Å². The predicted molar refractivity (Wildman–Crippen MR) is 33.9 cm³/mol. The van der Waals surface area contributed by atoms with E-state index in [0.29, 0.717) is 6.10 Å². The Bertz CT molecular complexity index is 90.5. The molecule has 1 aliphatic rings. The Morgan fingerprint density at radius 3 is 2.50 bits per heavy atom. The molecule has 8 heavy (non-hydrogen) atoms. The van der Waals surface area contributed by atoms with E-state index in [1.165, 1.54) is 0 Å². The lowest BCUT2D eigenvalue weighted by Crippen LogP contribution is -2.23. The number of ether oxygens (including phenoxy) is 1. The van der Waals surface area contributed by atoms with Crippen LogP contribution in [0, 0.1) is 0 Å². The van der Waals surface area contributed by atoms with E-state index in [1.54, 1.807) is 0 Å². The van der Waals surface area contributed by atoms with E-state index in [-0.39, 0.29) is 5.50 Å². The Morgan fingerprint density at radius 1 is 1.75 bits per heavy atom. The standard InChI is InChI=1S/C6H11BO/c1-5-3-4-6(2,7)8-5/h5H,3-4H2,1-2H3/t5?,6-/m1/s1. The first kappa shape index (κ1) is 6.15. The van der Waals surface area contributed by atoms with E-state index in [4.69, 9.17) is 12.6 Å². The fourth-order valence-corrected chi connectivity index (χ4v) is 1.07. The van der Waals surface area contributed by atoms with Crippen molar-refractivity contribution in [3.05, 3.63) is 0 Å². The van der Waals surface area contributed by atoms with Crippen molar-refractivity contribution >= 4 is 7.85 Å². The van der Waals surface area contributed by atoms with Gasteiger partial charge in [0.2, 0.25) is 0 Å². The second-order valence-corrected chi connectivity index (χ2v) is 2.78. The molecule has 0 aliphatic carbocycles. The highest BCUT2D eigenvalue weighted by Gasteiger charge is 2.27. The molecule has 0 aromatic heterocycles. The average molecular weight is 110 g/mol. The molecule has 2 radical (unpaired) electrons. The van der Waals surface area contributed by atoms with E-state index in [0.717, 1.165) is 12.8 Å². The summed E-state index contributed by atoms with van der Waals surface area (Å²) in [5.74, 6) is 0. The molecule has 1 rings (SSSR count). The molecular formula is C6H11BO. The van der Waals surface area contributed by atoms with Gasteiger partial charge in [-0.2, -0.15) is 0 Å². The minimum Gasteiger partial charge on any atom is -0.382 e. The van der Waals surface area contributed by atoms with Crippen molar-refractivity contribution < 1.29 is 4.74 Å². The van der Waals surface area contributed by atoms with Gasteiger partial charge in [0, 0.05) is 5.50 Å². The normalized spacial score (nSPS) is 47.5. The Kier molecular flexibility index (Phi) is 1.36. The zero-order valence-electron chi connectivity index (χ0n) is 5.48. The number of hydrogen-bond acceptors (Lipinski definition) is 1. The molecule has 2 heteroatoms. The molecule has 0 amide bonds. The molecule has 1 nitrogen and oxygen atoms in total. The third-order valence-electron chi connectivity index (χ3n) is 1.52. The lowest BCUT2D eigenvalue weighted by atomic mass is 9.81. The summed E-state index contributed by atoms with van der Waals surface area (Å²) in [4.78, 5) is 0. The number of hydrogen-bond donors (Lipinski definition) is 0. The highest BCUT2D eigenvalue weighted by Crippen LogP contribution is 2.25. The first-order valence-corrected chi connectivity index (χ1v) is 3.07. The SMILES string of the molecule is [B][C@@]1(C)CCC(C)O1. The average Bonchev–Trinajstić information content (AvgIpc) is 1.82. The topological polar surface area (TPSA) is 9.23 Å². The van der Waals surface area contributed by atoms with Gasteiger partial charge in [0.05, 0.1) is 6.10 Å². The monoisotopic (exact) mass is 110 g/mol. The molecular weight excluding hydrogens is 98.9 g/mol. The number of rotatable bonds is 0. The van der Waals surface area contributed by atoms with Gasteiger partial charge >= 0.3 is 0 Å². The summed E-state index contributed by atoms with van der Waals surface area (Å²) in [5, 5.41) is 0. The van der Waals surface area contributed by atoms with Gasteiger partial charge in [0.25, 0.3) is 0 Å². The predicted octanol–water partition coefficient (Wildman–Crippen LogP) is 1.07. The highest BCUT2D eigenvalue weighted by molar-refractivity contribution is 6.14. The highest BCUT2D eigenvalue weighted by atomic mass is 16.5. The molecule has 0 spiro atoms. The first-order valence-electron chi connectivity index (χ1n) is 3.07. The molecule has 2 atom stereocenters. The second-order valence-electron chi connectivity index (χ2n) is 2.78. The smallest absolute Gasteiger partial charge is 0.113 e. The Morgan fingerprint density at radius 2 is 2.38 bits per heavy atom. The van der Waals surface area contributed by atoms with E-state index in [1.807, 2.05) is 6.92 Å². The Balaban J connectivity index is 2.44. The van der Waals surface area contributed by atoms with Gasteiger partial charge in [-0.05, 0) is 26.7 Å². The summed E-state index contributed by atoms with van der Waals surface area (Å²) < 4.78 is 5.33. The summed E-state index contributed by atoms with van der Waals surface area (Å²) in [6, 6.07) is 0. The molecule has 0 aromatic carbocycles. The third-order valence-corrected chi connectivity index (χ3v) is 1.52. The van der Waals surface area contributed by atoms with Crippen LogP contribution in [0.3, 0.4) is 0 Å². The van der Waals surface area contributed by atoms with Gasteiger partial charge in [-0.25, -0.2) is 0 Å². The van der Waals surface area contributed by atoms with Crippen molar-refractivity contribution in [1.82, 2.24) is 0 Å². The second kappa shape index (κ2) is 1.76. The zero-order valence-corrected chi connectivity index (χ0v) is 5.48. The quantitative estimate of drug-likeness (QED) is 0.424. The third kappa shape index (κ3) is 1.25. The van der Waals surface area contributed by atoms with E-state index in [2.05, 4.69) is 6.92 Å². The lowest BCUT2D eigenvalue weighted by molar-refractivity contribution is 0.0378. The first-order chi connectivity index (χ1) is 3.60. The van der Waals surface area contributed by atoms with Crippen molar-refractivity contribution in [2.75, 3.05) is 0 Å². The van der Waals surface area contributed by atoms with Gasteiger partial charge in [-0.3, -0.25) is 0 Å². The van der Waals surface area contributed by atoms with Gasteiger partial charge in [-0.15, -0.1) is 0 Å². The largest absolute Gasteiger partial charge is 0.382 e. The maximum atomic E-state index is 5.65. The molecule has 1 fully saturated rings. The van der Waals surface area contributed by atoms with Gasteiger partial charge in [0.1, 0.15) is 7.85 Å². The molecule has 0 bridgehead atoms. The summed E-state index contributed by atoms with van der Waals surface area (Å²) >= 11 is 0. The Hall–Kier alpha value is 0.0249. The van der Waals surface area contributed by atoms with Gasteiger partial charge in [-0.1, -0.05) is 0 Å². The summed E-state index contributed by atoms with van der Waals surface area (Å²) in [6.45, 7) is 3.98. The zero-order chi connectivity index (χ0) is 6.20. The van der Waals surface area contributed by atoms with Crippen molar-refractivity contribution in [2.45, 2.75) is 38.3 Å². The van der Waals surface area contributed by atoms with Crippen LogP contribution in [0.1, 0.15) is 26.7 Å². The molecule has 44 valence electrons. The molecule has 1 aliphatic heterocycles. The summed E-state index contributed by atoms with van der Waals surface area (Å²) in [5.41, 5.74) is -0.334. The Labute approximate surface area is 51.8 Å². The van der Waals surface area contributed by atoms with Crippen LogP contribution >= 0.6 is 0 Å². The molecule has 0 saturated carbocycles. The van der Waals surface area contributed by atoms with Crippen molar-refractivity contribution in [2.24, 2.45) is 0 Å². The van der Waals surface area contributed by atoms with E-state index >= 15 is 0 Å². The van der Waals surface area contributed by atoms with Gasteiger partial charge in [0.15, 0.2) is 0 Å². The van der Waals surface area contributed by atoms with Crippen LogP contribution in [0.5, 0.6) is 0 Å². The van der Waals surface area contributed by atoms with E-state index in [9.17, 15) is 0 Å². The van der Waals surface area contributed by atoms with Crippen LogP contribution in [-0.2, 0) is 4.74 Å². The fourth-order valence-electron chi connectivity index (χ4n) is 1.07. The summed E-state index contributed by atoms with van der Waals surface area (Å²) in [7, 11) is 5.65. The van der Waals surface area contributed by atoms with Crippen LogP contribution in [0.2, 0.25) is 0 Å². The lowest BCUT2D eigenvalue weighted by Gasteiger charge is -2.17. The summed E-state index contributed by atoms with van der Waals surface area (Å²) in [6.07, 6.45) is 2.46. The van der Waals surface area contributed by atoms with Gasteiger partial charge < -0.3 is 4.74 Å². The van der Waals surface area contributed by atoms with Crippen LogP contribution in [-0.4, -0.2) is 19.5 Å². The minimum absolute atomic E-state index is 0.334. The molecule has 0 N–H and O–H groups in total. The maximum Gasteiger partial charge on any atom is 0.113 e.